The molecule has 0 atom stereocenters. The van der Waals surface area contributed by atoms with E-state index in [1.165, 1.54) is 6.92 Å². The quantitative estimate of drug-likeness (QED) is 0.619. The first-order chi connectivity index (χ1) is 10.0. The van der Waals surface area contributed by atoms with Gasteiger partial charge in [0.15, 0.2) is 5.78 Å². The minimum absolute atomic E-state index is 0.0791. The number of imide groups is 1. The smallest absolute Gasteiger partial charge is 0.266 e. The number of carbonyl (C=O) groups excluding carboxylic acids is 3. The largest absolute Gasteiger partial charge is 0.295 e. The molecule has 0 saturated carbocycles. The van der Waals surface area contributed by atoms with Crippen molar-refractivity contribution >= 4 is 39.2 Å². The molecular weight excluding hydrogens is 334 g/mol. The van der Waals surface area contributed by atoms with Crippen LogP contribution in [-0.4, -0.2) is 17.6 Å². The van der Waals surface area contributed by atoms with E-state index in [1.54, 1.807) is 42.5 Å². The van der Waals surface area contributed by atoms with Gasteiger partial charge in [0.1, 0.15) is 0 Å². The number of amides is 2. The molecule has 0 aromatic heterocycles. The SMILES string of the molecule is CC(=O)c1ccc(N2C(=O)c3ccccc3C2=O)c(Br)c1. The molecule has 2 amide bonds. The molecule has 2 aromatic rings. The van der Waals surface area contributed by atoms with Crippen LogP contribution in [0.25, 0.3) is 0 Å². The Morgan fingerprint density at radius 3 is 2.05 bits per heavy atom. The third-order valence-electron chi connectivity index (χ3n) is 3.39. The monoisotopic (exact) mass is 343 g/mol. The summed E-state index contributed by atoms with van der Waals surface area (Å²) in [7, 11) is 0. The van der Waals surface area contributed by atoms with E-state index < -0.39 is 0 Å². The van der Waals surface area contributed by atoms with Gasteiger partial charge >= 0.3 is 0 Å². The van der Waals surface area contributed by atoms with Gasteiger partial charge in [-0.2, -0.15) is 0 Å². The van der Waals surface area contributed by atoms with E-state index in [0.29, 0.717) is 26.9 Å². The van der Waals surface area contributed by atoms with Crippen LogP contribution in [-0.2, 0) is 0 Å². The Kier molecular flexibility index (Phi) is 3.22. The normalized spacial score (nSPS) is 13.5. The first-order valence-electron chi connectivity index (χ1n) is 6.29. The number of benzene rings is 2. The molecule has 104 valence electrons. The topological polar surface area (TPSA) is 54.5 Å². The molecule has 1 heterocycles. The molecule has 0 bridgehead atoms. The number of ketones is 1. The van der Waals surface area contributed by atoms with Crippen molar-refractivity contribution in [1.29, 1.82) is 0 Å². The van der Waals surface area contributed by atoms with E-state index in [1.807, 2.05) is 0 Å². The van der Waals surface area contributed by atoms with E-state index >= 15 is 0 Å². The summed E-state index contributed by atoms with van der Waals surface area (Å²) in [6, 6.07) is 11.5. The highest BCUT2D eigenvalue weighted by atomic mass is 79.9. The fourth-order valence-corrected chi connectivity index (χ4v) is 2.87. The number of carbonyl (C=O) groups is 3. The summed E-state index contributed by atoms with van der Waals surface area (Å²) in [5, 5.41) is 0. The molecule has 1 aliphatic heterocycles. The van der Waals surface area contributed by atoms with E-state index in [4.69, 9.17) is 0 Å². The second-order valence-electron chi connectivity index (χ2n) is 4.71. The molecule has 0 fully saturated rings. The number of fused-ring (bicyclic) bond motifs is 1. The van der Waals surface area contributed by atoms with Gasteiger partial charge < -0.3 is 0 Å². The summed E-state index contributed by atoms with van der Waals surface area (Å²) < 4.78 is 0.532. The Morgan fingerprint density at radius 2 is 1.57 bits per heavy atom. The maximum absolute atomic E-state index is 12.4. The summed E-state index contributed by atoms with van der Waals surface area (Å²) in [5.74, 6) is -0.789. The summed E-state index contributed by atoms with van der Waals surface area (Å²) >= 11 is 3.33. The van der Waals surface area contributed by atoms with Crippen LogP contribution in [0.5, 0.6) is 0 Å². The van der Waals surface area contributed by atoms with Crippen molar-refractivity contribution in [2.24, 2.45) is 0 Å². The number of hydrogen-bond acceptors (Lipinski definition) is 3. The lowest BCUT2D eigenvalue weighted by atomic mass is 10.1. The molecule has 0 N–H and O–H groups in total. The second-order valence-corrected chi connectivity index (χ2v) is 5.57. The third-order valence-corrected chi connectivity index (χ3v) is 4.02. The molecule has 0 spiro atoms. The molecule has 5 heteroatoms. The minimum atomic E-state index is -0.355. The number of anilines is 1. The van der Waals surface area contributed by atoms with E-state index in [0.717, 1.165) is 4.90 Å². The van der Waals surface area contributed by atoms with Crippen LogP contribution >= 0.6 is 15.9 Å². The Morgan fingerprint density at radius 1 is 1.00 bits per heavy atom. The van der Waals surface area contributed by atoms with E-state index in [2.05, 4.69) is 15.9 Å². The predicted molar refractivity (Wildman–Crippen MR) is 81.7 cm³/mol. The Hall–Kier alpha value is -2.27. The molecule has 1 aliphatic rings. The number of hydrogen-bond donors (Lipinski definition) is 0. The van der Waals surface area contributed by atoms with Crippen LogP contribution in [0.2, 0.25) is 0 Å². The van der Waals surface area contributed by atoms with Crippen molar-refractivity contribution in [2.45, 2.75) is 6.92 Å². The van der Waals surface area contributed by atoms with Crippen molar-refractivity contribution < 1.29 is 14.4 Å². The number of rotatable bonds is 2. The average Bonchev–Trinajstić information content (AvgIpc) is 2.72. The van der Waals surface area contributed by atoms with Crippen molar-refractivity contribution in [2.75, 3.05) is 4.90 Å². The molecule has 0 radical (unpaired) electrons. The Bertz CT molecular complexity index is 763. The molecule has 2 aromatic carbocycles. The van der Waals surface area contributed by atoms with Crippen LogP contribution in [0.1, 0.15) is 38.0 Å². The van der Waals surface area contributed by atoms with Gasteiger partial charge in [-0.1, -0.05) is 12.1 Å². The summed E-state index contributed by atoms with van der Waals surface area (Å²) in [5.41, 5.74) is 1.74. The fraction of sp³-hybridized carbons (Fsp3) is 0.0625. The number of Topliss-reactive ketones (excluding diaryl/α,β-unsaturated/α-hetero) is 1. The van der Waals surface area contributed by atoms with E-state index in [9.17, 15) is 14.4 Å². The predicted octanol–water partition coefficient (Wildman–Crippen LogP) is 3.45. The Labute approximate surface area is 129 Å². The molecule has 3 rings (SSSR count). The lowest BCUT2D eigenvalue weighted by Crippen LogP contribution is -2.29. The third kappa shape index (κ3) is 2.10. The molecule has 0 unspecified atom stereocenters. The molecule has 0 aliphatic carbocycles. The van der Waals surface area contributed by atoms with Crippen LogP contribution in [0.15, 0.2) is 46.9 Å². The number of nitrogens with zero attached hydrogens (tertiary/aromatic N) is 1. The lowest BCUT2D eigenvalue weighted by Gasteiger charge is -2.16. The maximum atomic E-state index is 12.4. The maximum Gasteiger partial charge on any atom is 0.266 e. The van der Waals surface area contributed by atoms with Gasteiger partial charge in [-0.15, -0.1) is 0 Å². The zero-order valence-electron chi connectivity index (χ0n) is 11.1. The van der Waals surface area contributed by atoms with Crippen molar-refractivity contribution in [3.63, 3.8) is 0 Å². The van der Waals surface area contributed by atoms with Crippen LogP contribution in [0, 0.1) is 0 Å². The van der Waals surface area contributed by atoms with Crippen LogP contribution < -0.4 is 4.90 Å². The highest BCUT2D eigenvalue weighted by Crippen LogP contribution is 2.34. The standard InChI is InChI=1S/C16H10BrNO3/c1-9(19)10-6-7-14(13(17)8-10)18-15(20)11-4-2-3-5-12(11)16(18)21/h2-8H,1H3. The van der Waals surface area contributed by atoms with Gasteiger partial charge in [-0.25, -0.2) is 4.90 Å². The van der Waals surface area contributed by atoms with Crippen molar-refractivity contribution in [3.05, 3.63) is 63.6 Å². The van der Waals surface area contributed by atoms with Gasteiger partial charge in [0.25, 0.3) is 11.8 Å². The first-order valence-corrected chi connectivity index (χ1v) is 7.08. The highest BCUT2D eigenvalue weighted by molar-refractivity contribution is 9.10. The van der Waals surface area contributed by atoms with Gasteiger partial charge in [0, 0.05) is 10.0 Å². The second kappa shape index (κ2) is 4.93. The fourth-order valence-electron chi connectivity index (χ4n) is 2.32. The molecule has 0 saturated heterocycles. The summed E-state index contributed by atoms with van der Waals surface area (Å²) in [6.45, 7) is 1.46. The van der Waals surface area contributed by atoms with Gasteiger partial charge in [-0.05, 0) is 53.2 Å². The van der Waals surface area contributed by atoms with Crippen molar-refractivity contribution in [1.82, 2.24) is 0 Å². The average molecular weight is 344 g/mol. The molecule has 21 heavy (non-hydrogen) atoms. The number of halogens is 1. The minimum Gasteiger partial charge on any atom is -0.295 e. The first kappa shape index (κ1) is 13.7. The highest BCUT2D eigenvalue weighted by Gasteiger charge is 2.37. The zero-order valence-corrected chi connectivity index (χ0v) is 12.7. The van der Waals surface area contributed by atoms with Gasteiger partial charge in [0.2, 0.25) is 0 Å². The van der Waals surface area contributed by atoms with Gasteiger partial charge in [0.05, 0.1) is 16.8 Å². The zero-order chi connectivity index (χ0) is 15.1. The van der Waals surface area contributed by atoms with Crippen LogP contribution in [0.4, 0.5) is 5.69 Å². The molecular formula is C16H10BrNO3. The van der Waals surface area contributed by atoms with E-state index in [-0.39, 0.29) is 17.6 Å². The summed E-state index contributed by atoms with van der Waals surface area (Å²) in [6.07, 6.45) is 0. The van der Waals surface area contributed by atoms with Crippen molar-refractivity contribution in [3.8, 4) is 0 Å². The van der Waals surface area contributed by atoms with Gasteiger partial charge in [-0.3, -0.25) is 14.4 Å². The molecule has 4 nitrogen and oxygen atoms in total. The van der Waals surface area contributed by atoms with Crippen LogP contribution in [0.3, 0.4) is 0 Å². The summed E-state index contributed by atoms with van der Waals surface area (Å²) in [4.78, 5) is 37.3. The lowest BCUT2D eigenvalue weighted by molar-refractivity contribution is 0.0925. The Balaban J connectivity index is 2.09.